The van der Waals surface area contributed by atoms with Crippen molar-refractivity contribution >= 4 is 28.9 Å². The fraction of sp³-hybridized carbons (Fsp3) is 0.235. The minimum Gasteiger partial charge on any atom is -0.454 e. The first kappa shape index (κ1) is 16.4. The molecule has 4 rings (SSSR count). The van der Waals surface area contributed by atoms with Gasteiger partial charge in [-0.2, -0.15) is 0 Å². The number of esters is 1. The molecule has 2 aromatic heterocycles. The molecule has 2 heterocycles. The zero-order valence-electron chi connectivity index (χ0n) is 13.7. The fourth-order valence-corrected chi connectivity index (χ4v) is 3.07. The number of aromatic nitrogens is 4. The Bertz CT molecular complexity index is 934. The van der Waals surface area contributed by atoms with Crippen LogP contribution >= 0.6 is 11.3 Å². The van der Waals surface area contributed by atoms with Gasteiger partial charge in [-0.15, -0.1) is 16.4 Å². The topological polar surface area (TPSA) is 99.0 Å². The number of hydrogen-bond acceptors (Lipinski definition) is 7. The van der Waals surface area contributed by atoms with Gasteiger partial charge in [0.25, 0.3) is 5.91 Å². The van der Waals surface area contributed by atoms with Crippen molar-refractivity contribution in [1.82, 2.24) is 20.2 Å². The Morgan fingerprint density at radius 3 is 2.92 bits per heavy atom. The van der Waals surface area contributed by atoms with Crippen molar-refractivity contribution in [1.29, 1.82) is 0 Å². The second-order valence-corrected chi connectivity index (χ2v) is 6.81. The van der Waals surface area contributed by atoms with E-state index in [2.05, 4.69) is 20.8 Å². The normalized spacial score (nSPS) is 13.4. The van der Waals surface area contributed by atoms with Crippen LogP contribution in [0.15, 0.2) is 41.8 Å². The molecule has 1 aromatic carbocycles. The second-order valence-electron chi connectivity index (χ2n) is 5.86. The summed E-state index contributed by atoms with van der Waals surface area (Å²) < 4.78 is 7.01. The quantitative estimate of drug-likeness (QED) is 0.671. The van der Waals surface area contributed by atoms with Crippen LogP contribution in [0.4, 0.5) is 5.69 Å². The number of carbonyl (C=O) groups is 2. The van der Waals surface area contributed by atoms with Crippen LogP contribution in [0.2, 0.25) is 0 Å². The van der Waals surface area contributed by atoms with Crippen molar-refractivity contribution in [3.8, 4) is 0 Å². The maximum Gasteiger partial charge on any atom is 0.338 e. The van der Waals surface area contributed by atoms with Gasteiger partial charge in [-0.3, -0.25) is 4.79 Å². The molecule has 26 heavy (non-hydrogen) atoms. The molecule has 0 spiro atoms. The molecule has 1 saturated carbocycles. The summed E-state index contributed by atoms with van der Waals surface area (Å²) in [5, 5.41) is 16.0. The van der Waals surface area contributed by atoms with Crippen molar-refractivity contribution in [2.45, 2.75) is 25.5 Å². The Labute approximate surface area is 152 Å². The number of hydrogen-bond donors (Lipinski definition) is 1. The summed E-state index contributed by atoms with van der Waals surface area (Å²) in [7, 11) is 0. The van der Waals surface area contributed by atoms with Gasteiger partial charge in [0, 0.05) is 5.69 Å². The van der Waals surface area contributed by atoms with Gasteiger partial charge in [-0.25, -0.2) is 9.48 Å². The number of thiophene rings is 1. The summed E-state index contributed by atoms with van der Waals surface area (Å²) in [4.78, 5) is 25.0. The molecule has 9 heteroatoms. The minimum absolute atomic E-state index is 0.00805. The highest BCUT2D eigenvalue weighted by Crippen LogP contribution is 2.34. The van der Waals surface area contributed by atoms with E-state index in [1.54, 1.807) is 35.0 Å². The van der Waals surface area contributed by atoms with Gasteiger partial charge in [0.1, 0.15) is 0 Å². The van der Waals surface area contributed by atoms with E-state index in [1.165, 1.54) is 11.3 Å². The summed E-state index contributed by atoms with van der Waals surface area (Å²) in [6.07, 6.45) is 2.08. The zero-order chi connectivity index (χ0) is 17.9. The third-order valence-corrected chi connectivity index (χ3v) is 4.76. The first-order valence-electron chi connectivity index (χ1n) is 8.09. The molecular formula is C17H15N5O3S. The highest BCUT2D eigenvalue weighted by Gasteiger charge is 2.28. The number of benzene rings is 1. The first-order chi connectivity index (χ1) is 12.7. The van der Waals surface area contributed by atoms with E-state index in [1.807, 2.05) is 11.4 Å². The van der Waals surface area contributed by atoms with Crippen LogP contribution in [-0.2, 0) is 11.3 Å². The average molecular weight is 369 g/mol. The standard InChI is InChI=1S/C17H15N5O3S/c23-16(14-5-2-8-26-14)18-12-4-1-3-11(9-12)17(24)25-10-15-19-20-21-22(15)13-6-7-13/h1-5,8-9,13H,6-7,10H2,(H,18,23). The van der Waals surface area contributed by atoms with Gasteiger partial charge >= 0.3 is 5.97 Å². The Morgan fingerprint density at radius 1 is 1.27 bits per heavy atom. The molecule has 1 N–H and O–H groups in total. The molecule has 3 aromatic rings. The van der Waals surface area contributed by atoms with Gasteiger partial charge in [-0.1, -0.05) is 12.1 Å². The lowest BCUT2D eigenvalue weighted by atomic mass is 10.2. The van der Waals surface area contributed by atoms with Crippen LogP contribution in [0.1, 0.15) is 44.7 Å². The molecule has 0 saturated heterocycles. The lowest BCUT2D eigenvalue weighted by Gasteiger charge is -2.07. The Kier molecular flexibility index (Phi) is 4.44. The van der Waals surface area contributed by atoms with Crippen molar-refractivity contribution in [2.24, 2.45) is 0 Å². The molecule has 0 bridgehead atoms. The van der Waals surface area contributed by atoms with Crippen molar-refractivity contribution < 1.29 is 14.3 Å². The predicted octanol–water partition coefficient (Wildman–Crippen LogP) is 2.68. The molecule has 8 nitrogen and oxygen atoms in total. The monoisotopic (exact) mass is 369 g/mol. The van der Waals surface area contributed by atoms with Crippen molar-refractivity contribution in [2.75, 3.05) is 5.32 Å². The number of nitrogens with zero attached hydrogens (tertiary/aromatic N) is 4. The first-order valence-corrected chi connectivity index (χ1v) is 8.97. The van der Waals surface area contributed by atoms with Crippen LogP contribution in [0.25, 0.3) is 0 Å². The molecule has 1 fully saturated rings. The third-order valence-electron chi connectivity index (χ3n) is 3.89. The van der Waals surface area contributed by atoms with E-state index >= 15 is 0 Å². The van der Waals surface area contributed by atoms with E-state index in [4.69, 9.17) is 4.74 Å². The number of nitrogens with one attached hydrogen (secondary N) is 1. The summed E-state index contributed by atoms with van der Waals surface area (Å²) in [6, 6.07) is 10.5. The summed E-state index contributed by atoms with van der Waals surface area (Å²) >= 11 is 1.35. The molecule has 1 aliphatic carbocycles. The lowest BCUT2D eigenvalue weighted by molar-refractivity contribution is 0.0456. The van der Waals surface area contributed by atoms with E-state index in [9.17, 15) is 9.59 Å². The third kappa shape index (κ3) is 3.62. The van der Waals surface area contributed by atoms with E-state index < -0.39 is 5.97 Å². The number of carbonyl (C=O) groups excluding carboxylic acids is 2. The van der Waals surface area contributed by atoms with Gasteiger partial charge in [0.05, 0.1) is 16.5 Å². The van der Waals surface area contributed by atoms with Crippen LogP contribution in [0, 0.1) is 0 Å². The van der Waals surface area contributed by atoms with Crippen molar-refractivity contribution in [3.63, 3.8) is 0 Å². The molecule has 0 radical (unpaired) electrons. The number of anilines is 1. The molecule has 1 aliphatic rings. The SMILES string of the molecule is O=C(OCc1nnnn1C1CC1)c1cccc(NC(=O)c2cccs2)c1. The largest absolute Gasteiger partial charge is 0.454 e. The molecule has 0 atom stereocenters. The summed E-state index contributed by atoms with van der Waals surface area (Å²) in [6.45, 7) is 0.00805. The van der Waals surface area contributed by atoms with E-state index in [0.717, 1.165) is 12.8 Å². The van der Waals surface area contributed by atoms with Crippen LogP contribution in [0.3, 0.4) is 0 Å². The maximum absolute atomic E-state index is 12.3. The molecular weight excluding hydrogens is 354 g/mol. The highest BCUT2D eigenvalue weighted by molar-refractivity contribution is 7.12. The van der Waals surface area contributed by atoms with E-state index in [-0.39, 0.29) is 12.5 Å². The maximum atomic E-state index is 12.3. The fourth-order valence-electron chi connectivity index (χ4n) is 2.45. The van der Waals surface area contributed by atoms with Gasteiger partial charge in [-0.05, 0) is 52.9 Å². The number of amides is 1. The van der Waals surface area contributed by atoms with Gasteiger partial charge in [0.2, 0.25) is 0 Å². The number of rotatable bonds is 6. The highest BCUT2D eigenvalue weighted by atomic mass is 32.1. The smallest absolute Gasteiger partial charge is 0.338 e. The van der Waals surface area contributed by atoms with Gasteiger partial charge in [0.15, 0.2) is 12.4 Å². The Morgan fingerprint density at radius 2 is 2.15 bits per heavy atom. The number of ether oxygens (including phenoxy) is 1. The minimum atomic E-state index is -0.498. The molecule has 1 amide bonds. The van der Waals surface area contributed by atoms with Gasteiger partial charge < -0.3 is 10.1 Å². The average Bonchev–Trinajstić information content (AvgIpc) is 3.15. The molecule has 0 unspecified atom stereocenters. The second kappa shape index (κ2) is 7.04. The molecule has 0 aliphatic heterocycles. The Hall–Kier alpha value is -3.07. The number of tetrazole rings is 1. The van der Waals surface area contributed by atoms with Crippen molar-refractivity contribution in [3.05, 3.63) is 58.0 Å². The van der Waals surface area contributed by atoms with Crippen LogP contribution < -0.4 is 5.32 Å². The van der Waals surface area contributed by atoms with Crippen LogP contribution in [-0.4, -0.2) is 32.1 Å². The predicted molar refractivity (Wildman–Crippen MR) is 93.9 cm³/mol. The van der Waals surface area contributed by atoms with E-state index in [0.29, 0.717) is 28.0 Å². The summed E-state index contributed by atoms with van der Waals surface area (Å²) in [5.41, 5.74) is 0.875. The summed E-state index contributed by atoms with van der Waals surface area (Å²) in [5.74, 6) is -0.181. The van der Waals surface area contributed by atoms with Crippen LogP contribution in [0.5, 0.6) is 0 Å². The molecule has 132 valence electrons. The zero-order valence-corrected chi connectivity index (χ0v) is 14.5. The Balaban J connectivity index is 1.40. The lowest BCUT2D eigenvalue weighted by Crippen LogP contribution is -2.12.